The van der Waals surface area contributed by atoms with E-state index in [9.17, 15) is 4.79 Å². The summed E-state index contributed by atoms with van der Waals surface area (Å²) in [7, 11) is 1.71. The number of fused-ring (bicyclic) bond motifs is 1. The van der Waals surface area contributed by atoms with Crippen LogP contribution in [-0.2, 0) is 0 Å². The molecule has 3 aromatic rings. The molecule has 0 N–H and O–H groups in total. The van der Waals surface area contributed by atoms with Gasteiger partial charge < -0.3 is 9.64 Å². The van der Waals surface area contributed by atoms with E-state index in [0.29, 0.717) is 18.9 Å². The smallest absolute Gasteiger partial charge is 0.293 e. The molecule has 2 aromatic heterocycles. The number of amides is 1. The number of aryl methyl sites for hydroxylation is 3. The lowest BCUT2D eigenvalue weighted by atomic mass is 10.2. The van der Waals surface area contributed by atoms with Crippen LogP contribution in [0.1, 0.15) is 27.6 Å². The Balaban J connectivity index is 1.65. The lowest BCUT2D eigenvalue weighted by Crippen LogP contribution is -2.31. The summed E-state index contributed by atoms with van der Waals surface area (Å²) >= 11 is 0. The molecule has 25 heavy (non-hydrogen) atoms. The van der Waals surface area contributed by atoms with Crippen molar-refractivity contribution < 1.29 is 9.53 Å². The van der Waals surface area contributed by atoms with Gasteiger partial charge in [0.25, 0.3) is 11.7 Å². The predicted octanol–water partition coefficient (Wildman–Crippen LogP) is 2.20. The van der Waals surface area contributed by atoms with Crippen molar-refractivity contribution in [1.29, 1.82) is 0 Å². The predicted molar refractivity (Wildman–Crippen MR) is 93.9 cm³/mol. The highest BCUT2D eigenvalue weighted by Crippen LogP contribution is 2.12. The molecule has 0 unspecified atom stereocenters. The molecule has 0 radical (unpaired) electrons. The van der Waals surface area contributed by atoms with Crippen molar-refractivity contribution >= 4 is 11.7 Å². The number of nitrogens with zero attached hydrogens (tertiary/aromatic N) is 5. The zero-order chi connectivity index (χ0) is 18.0. The second kappa shape index (κ2) is 6.88. The number of carbonyl (C=O) groups is 1. The van der Waals surface area contributed by atoms with Crippen molar-refractivity contribution in [1.82, 2.24) is 24.5 Å². The maximum absolute atomic E-state index is 12.5. The highest BCUT2D eigenvalue weighted by atomic mass is 16.5. The Hall–Kier alpha value is -2.96. The van der Waals surface area contributed by atoms with Crippen LogP contribution in [0, 0.1) is 20.8 Å². The number of hydrogen-bond acceptors (Lipinski definition) is 5. The Kier molecular flexibility index (Phi) is 4.65. The minimum atomic E-state index is -0.254. The van der Waals surface area contributed by atoms with E-state index in [2.05, 4.69) is 15.1 Å². The summed E-state index contributed by atoms with van der Waals surface area (Å²) in [4.78, 5) is 22.6. The first-order chi connectivity index (χ1) is 11.9. The van der Waals surface area contributed by atoms with E-state index in [4.69, 9.17) is 4.74 Å². The lowest BCUT2D eigenvalue weighted by molar-refractivity contribution is 0.0762. The average Bonchev–Trinajstić information content (AvgIpc) is 2.98. The molecule has 7 nitrogen and oxygen atoms in total. The van der Waals surface area contributed by atoms with E-state index in [1.54, 1.807) is 16.5 Å². The third kappa shape index (κ3) is 3.76. The Labute approximate surface area is 146 Å². The Morgan fingerprint density at radius 1 is 1.20 bits per heavy atom. The summed E-state index contributed by atoms with van der Waals surface area (Å²) in [6.45, 7) is 6.64. The zero-order valence-electron chi connectivity index (χ0n) is 14.9. The molecule has 3 rings (SSSR count). The Morgan fingerprint density at radius 2 is 2.00 bits per heavy atom. The summed E-state index contributed by atoms with van der Waals surface area (Å²) < 4.78 is 7.27. The quantitative estimate of drug-likeness (QED) is 0.712. The van der Waals surface area contributed by atoms with Crippen molar-refractivity contribution in [3.8, 4) is 5.75 Å². The van der Waals surface area contributed by atoms with Crippen LogP contribution in [0.15, 0.2) is 30.3 Å². The van der Waals surface area contributed by atoms with Crippen molar-refractivity contribution in [2.75, 3.05) is 20.2 Å². The molecule has 0 saturated heterocycles. The molecule has 0 bridgehead atoms. The van der Waals surface area contributed by atoms with Crippen LogP contribution in [0.3, 0.4) is 0 Å². The number of carbonyl (C=O) groups excluding carboxylic acids is 1. The molecule has 1 amide bonds. The first-order valence-corrected chi connectivity index (χ1v) is 8.10. The molecule has 0 saturated carbocycles. The molecule has 0 atom stereocenters. The maximum Gasteiger partial charge on any atom is 0.293 e. The van der Waals surface area contributed by atoms with Gasteiger partial charge >= 0.3 is 0 Å². The Morgan fingerprint density at radius 3 is 2.76 bits per heavy atom. The molecule has 0 aliphatic carbocycles. The van der Waals surface area contributed by atoms with Crippen molar-refractivity contribution in [2.24, 2.45) is 0 Å². The summed E-state index contributed by atoms with van der Waals surface area (Å²) in [6, 6.07) is 9.71. The van der Waals surface area contributed by atoms with E-state index in [-0.39, 0.29) is 11.7 Å². The van der Waals surface area contributed by atoms with Gasteiger partial charge in [-0.25, -0.2) is 9.50 Å². The molecule has 2 heterocycles. The third-order valence-corrected chi connectivity index (χ3v) is 3.84. The maximum atomic E-state index is 12.5. The molecule has 1 aromatic carbocycles. The van der Waals surface area contributed by atoms with Crippen molar-refractivity contribution in [2.45, 2.75) is 20.8 Å². The molecule has 0 fully saturated rings. The summed E-state index contributed by atoms with van der Waals surface area (Å²) in [5, 5.41) is 4.26. The largest absolute Gasteiger partial charge is 0.492 e. The lowest BCUT2D eigenvalue weighted by Gasteiger charge is -2.15. The van der Waals surface area contributed by atoms with Gasteiger partial charge in [-0.15, -0.1) is 5.10 Å². The summed E-state index contributed by atoms with van der Waals surface area (Å²) in [5.74, 6) is 1.11. The summed E-state index contributed by atoms with van der Waals surface area (Å²) in [5.41, 5.74) is 2.87. The van der Waals surface area contributed by atoms with Crippen LogP contribution in [0.25, 0.3) is 5.78 Å². The van der Waals surface area contributed by atoms with Crippen LogP contribution >= 0.6 is 0 Å². The second-order valence-electron chi connectivity index (χ2n) is 6.08. The van der Waals surface area contributed by atoms with Crippen LogP contribution in [0.4, 0.5) is 0 Å². The van der Waals surface area contributed by atoms with Gasteiger partial charge in [0.2, 0.25) is 5.82 Å². The number of likely N-dealkylation sites (N-methyl/N-ethyl adjacent to an activating group) is 1. The minimum Gasteiger partial charge on any atom is -0.492 e. The number of hydrogen-bond donors (Lipinski definition) is 0. The standard InChI is InChI=1S/C18H21N5O2/c1-12-6-5-7-15(10-12)25-9-8-22(4)17(24)16-20-18-19-13(2)11-14(3)23(18)21-16/h5-7,10-11H,8-9H2,1-4H3. The molecular formula is C18H21N5O2. The fourth-order valence-corrected chi connectivity index (χ4v) is 2.53. The van der Waals surface area contributed by atoms with Gasteiger partial charge in [-0.2, -0.15) is 4.98 Å². The molecule has 0 aliphatic rings. The fraction of sp³-hybridized carbons (Fsp3) is 0.333. The van der Waals surface area contributed by atoms with Gasteiger partial charge in [-0.05, 0) is 44.5 Å². The average molecular weight is 339 g/mol. The monoisotopic (exact) mass is 339 g/mol. The van der Waals surface area contributed by atoms with Gasteiger partial charge in [-0.1, -0.05) is 12.1 Å². The summed E-state index contributed by atoms with van der Waals surface area (Å²) in [6.07, 6.45) is 0. The van der Waals surface area contributed by atoms with Crippen LogP contribution in [0.5, 0.6) is 5.75 Å². The van der Waals surface area contributed by atoms with Crippen LogP contribution in [0.2, 0.25) is 0 Å². The Bertz CT molecular complexity index is 919. The SMILES string of the molecule is Cc1cccc(OCCN(C)C(=O)c2nc3nc(C)cc(C)n3n2)c1. The van der Waals surface area contributed by atoms with E-state index < -0.39 is 0 Å². The topological polar surface area (TPSA) is 72.6 Å². The first kappa shape index (κ1) is 16.9. The van der Waals surface area contributed by atoms with Gasteiger partial charge in [0, 0.05) is 18.4 Å². The van der Waals surface area contributed by atoms with Gasteiger partial charge in [-0.3, -0.25) is 4.79 Å². The third-order valence-electron chi connectivity index (χ3n) is 3.84. The molecular weight excluding hydrogens is 318 g/mol. The van der Waals surface area contributed by atoms with E-state index in [1.165, 1.54) is 0 Å². The van der Waals surface area contributed by atoms with Crippen molar-refractivity contribution in [3.05, 3.63) is 53.1 Å². The van der Waals surface area contributed by atoms with Crippen molar-refractivity contribution in [3.63, 3.8) is 0 Å². The minimum absolute atomic E-state index is 0.138. The normalized spacial score (nSPS) is 10.9. The van der Waals surface area contributed by atoms with E-state index in [0.717, 1.165) is 22.7 Å². The van der Waals surface area contributed by atoms with Gasteiger partial charge in [0.1, 0.15) is 12.4 Å². The number of rotatable bonds is 5. The zero-order valence-corrected chi connectivity index (χ0v) is 14.9. The number of benzene rings is 1. The fourth-order valence-electron chi connectivity index (χ4n) is 2.53. The molecule has 130 valence electrons. The number of aromatic nitrogens is 4. The molecule has 0 spiro atoms. The molecule has 0 aliphatic heterocycles. The second-order valence-corrected chi connectivity index (χ2v) is 6.08. The highest BCUT2D eigenvalue weighted by Gasteiger charge is 2.18. The van der Waals surface area contributed by atoms with Gasteiger partial charge in [0.15, 0.2) is 0 Å². The van der Waals surface area contributed by atoms with Gasteiger partial charge in [0.05, 0.1) is 6.54 Å². The first-order valence-electron chi connectivity index (χ1n) is 8.10. The molecule has 7 heteroatoms. The van der Waals surface area contributed by atoms with E-state index in [1.807, 2.05) is 51.1 Å². The highest BCUT2D eigenvalue weighted by molar-refractivity contribution is 5.90. The number of ether oxygens (including phenoxy) is 1. The van der Waals surface area contributed by atoms with Crippen LogP contribution < -0.4 is 4.74 Å². The van der Waals surface area contributed by atoms with Crippen LogP contribution in [-0.4, -0.2) is 50.6 Å². The van der Waals surface area contributed by atoms with E-state index >= 15 is 0 Å².